The summed E-state index contributed by atoms with van der Waals surface area (Å²) < 4.78 is 5.34. The molecule has 0 spiro atoms. The minimum atomic E-state index is -0.726. The van der Waals surface area contributed by atoms with E-state index in [0.717, 1.165) is 72.6 Å². The predicted molar refractivity (Wildman–Crippen MR) is 130 cm³/mol. The molecule has 1 fully saturated rings. The number of aliphatic hydroxyl groups is 1. The molecule has 2 heterocycles. The molecular weight excluding hydrogens is 424 g/mol. The normalized spacial score (nSPS) is 20.3. The molecule has 3 atom stereocenters. The van der Waals surface area contributed by atoms with Crippen molar-refractivity contribution in [3.8, 4) is 5.75 Å². The number of fused-ring (bicyclic) bond motifs is 1. The Balaban J connectivity index is 1.62. The van der Waals surface area contributed by atoms with Crippen LogP contribution in [-0.2, 0) is 4.79 Å². The number of thioether (sulfide) groups is 1. The van der Waals surface area contributed by atoms with Crippen molar-refractivity contribution in [2.75, 3.05) is 38.2 Å². The molecule has 0 bridgehead atoms. The van der Waals surface area contributed by atoms with Crippen molar-refractivity contribution in [1.82, 2.24) is 9.88 Å². The highest BCUT2D eigenvalue weighted by atomic mass is 32.2. The molecule has 0 saturated carbocycles. The number of piperidine rings is 1. The van der Waals surface area contributed by atoms with Crippen LogP contribution in [0, 0.1) is 11.8 Å². The summed E-state index contributed by atoms with van der Waals surface area (Å²) in [5.74, 6) is 2.79. The fourth-order valence-electron chi connectivity index (χ4n) is 4.82. The topological polar surface area (TPSA) is 82.9 Å². The molecule has 32 heavy (non-hydrogen) atoms. The third-order valence-electron chi connectivity index (χ3n) is 6.53. The van der Waals surface area contributed by atoms with Crippen LogP contribution >= 0.6 is 11.8 Å². The van der Waals surface area contributed by atoms with Gasteiger partial charge in [0.25, 0.3) is 0 Å². The van der Waals surface area contributed by atoms with Crippen LogP contribution < -0.4 is 4.74 Å². The van der Waals surface area contributed by atoms with Crippen LogP contribution in [0.3, 0.4) is 0 Å². The summed E-state index contributed by atoms with van der Waals surface area (Å²) in [6.45, 7) is 5.09. The van der Waals surface area contributed by atoms with Gasteiger partial charge in [-0.1, -0.05) is 6.92 Å². The molecule has 1 aromatic heterocycles. The average Bonchev–Trinajstić information content (AvgIpc) is 2.80. The fraction of sp³-hybridized carbons (Fsp3) is 0.600. The summed E-state index contributed by atoms with van der Waals surface area (Å²) in [5, 5.41) is 21.4. The lowest BCUT2D eigenvalue weighted by Gasteiger charge is -2.38. The second kappa shape index (κ2) is 12.4. The zero-order valence-electron chi connectivity index (χ0n) is 19.2. The highest BCUT2D eigenvalue weighted by Gasteiger charge is 2.31. The van der Waals surface area contributed by atoms with Gasteiger partial charge >= 0.3 is 5.97 Å². The summed E-state index contributed by atoms with van der Waals surface area (Å²) >= 11 is 1.96. The quantitative estimate of drug-likeness (QED) is 0.448. The van der Waals surface area contributed by atoms with Crippen molar-refractivity contribution >= 4 is 28.6 Å². The maximum absolute atomic E-state index is 11.5. The van der Waals surface area contributed by atoms with E-state index < -0.39 is 12.1 Å². The molecule has 6 nitrogen and oxygen atoms in total. The smallest absolute Gasteiger partial charge is 0.303 e. The van der Waals surface area contributed by atoms with Gasteiger partial charge in [0.2, 0.25) is 0 Å². The van der Waals surface area contributed by atoms with Crippen LogP contribution in [0.2, 0.25) is 0 Å². The van der Waals surface area contributed by atoms with Crippen molar-refractivity contribution in [2.24, 2.45) is 11.8 Å². The molecule has 1 saturated heterocycles. The third kappa shape index (κ3) is 6.83. The van der Waals surface area contributed by atoms with Gasteiger partial charge in [0, 0.05) is 24.5 Å². The number of methoxy groups -OCH3 is 1. The number of aliphatic carboxylic acids is 1. The second-order valence-electron chi connectivity index (χ2n) is 8.63. The first-order valence-corrected chi connectivity index (χ1v) is 12.8. The summed E-state index contributed by atoms with van der Waals surface area (Å²) in [4.78, 5) is 18.3. The first-order chi connectivity index (χ1) is 15.5. The van der Waals surface area contributed by atoms with Crippen LogP contribution in [0.15, 0.2) is 30.5 Å². The number of carbonyl (C=O) groups is 1. The van der Waals surface area contributed by atoms with Gasteiger partial charge in [0.15, 0.2) is 0 Å². The third-order valence-corrected chi connectivity index (χ3v) is 7.52. The Labute approximate surface area is 195 Å². The Morgan fingerprint density at radius 2 is 2.19 bits per heavy atom. The van der Waals surface area contributed by atoms with Gasteiger partial charge in [-0.05, 0) is 91.9 Å². The molecule has 7 heteroatoms. The standard InChI is InChI=1S/C25H36N2O4S/c1-3-32-14-4-12-27-13-10-18(19(17-27)15-25(29)30)5-8-24(28)21-9-11-26-23-7-6-20(31-2)16-22(21)23/h6-7,9,11,16,18-19,24,28H,3-5,8,10,12-15,17H2,1-2H3,(H,29,30)/t18-,19+,24+/m1/s1. The highest BCUT2D eigenvalue weighted by molar-refractivity contribution is 7.99. The number of carboxylic acid groups (broad SMARTS) is 1. The van der Waals surface area contributed by atoms with Gasteiger partial charge in [-0.3, -0.25) is 9.78 Å². The van der Waals surface area contributed by atoms with Gasteiger partial charge in [0.05, 0.1) is 18.7 Å². The maximum atomic E-state index is 11.5. The Hall–Kier alpha value is -1.83. The van der Waals surface area contributed by atoms with Crippen molar-refractivity contribution in [3.63, 3.8) is 0 Å². The monoisotopic (exact) mass is 460 g/mol. The van der Waals surface area contributed by atoms with E-state index in [0.29, 0.717) is 12.3 Å². The van der Waals surface area contributed by atoms with Crippen molar-refractivity contribution < 1.29 is 19.7 Å². The van der Waals surface area contributed by atoms with Gasteiger partial charge in [-0.25, -0.2) is 0 Å². The molecule has 2 aromatic rings. The number of hydrogen-bond donors (Lipinski definition) is 2. The summed E-state index contributed by atoms with van der Waals surface area (Å²) in [6.07, 6.45) is 4.92. The van der Waals surface area contributed by atoms with E-state index >= 15 is 0 Å². The molecule has 2 N–H and O–H groups in total. The Morgan fingerprint density at radius 3 is 2.94 bits per heavy atom. The lowest BCUT2D eigenvalue weighted by Crippen LogP contribution is -2.42. The number of aromatic nitrogens is 1. The zero-order valence-corrected chi connectivity index (χ0v) is 20.0. The van der Waals surface area contributed by atoms with E-state index in [-0.39, 0.29) is 12.3 Å². The predicted octanol–water partition coefficient (Wildman–Crippen LogP) is 4.61. The van der Waals surface area contributed by atoms with Crippen LogP contribution in [0.4, 0.5) is 0 Å². The van der Waals surface area contributed by atoms with E-state index in [9.17, 15) is 15.0 Å². The number of hydrogen-bond acceptors (Lipinski definition) is 6. The molecule has 1 aromatic carbocycles. The van der Waals surface area contributed by atoms with E-state index in [2.05, 4.69) is 16.8 Å². The first-order valence-electron chi connectivity index (χ1n) is 11.6. The molecule has 0 amide bonds. The largest absolute Gasteiger partial charge is 0.497 e. The van der Waals surface area contributed by atoms with Crippen molar-refractivity contribution in [2.45, 2.75) is 45.1 Å². The minimum absolute atomic E-state index is 0.140. The summed E-state index contributed by atoms with van der Waals surface area (Å²) in [6, 6.07) is 7.57. The number of likely N-dealkylation sites (tertiary alicyclic amines) is 1. The van der Waals surface area contributed by atoms with Gasteiger partial charge in [-0.2, -0.15) is 11.8 Å². The Morgan fingerprint density at radius 1 is 1.34 bits per heavy atom. The van der Waals surface area contributed by atoms with Crippen LogP contribution in [0.1, 0.15) is 50.7 Å². The lowest BCUT2D eigenvalue weighted by molar-refractivity contribution is -0.139. The number of rotatable bonds is 12. The molecule has 0 radical (unpaired) electrons. The fourth-order valence-corrected chi connectivity index (χ4v) is 5.44. The SMILES string of the molecule is CCSCCCN1CC[C@@H](CC[C@H](O)c2ccnc3ccc(OC)cc23)[C@@H](CC(=O)O)C1. The van der Waals surface area contributed by atoms with E-state index in [1.54, 1.807) is 13.3 Å². The van der Waals surface area contributed by atoms with Gasteiger partial charge in [-0.15, -0.1) is 0 Å². The zero-order chi connectivity index (χ0) is 22.9. The van der Waals surface area contributed by atoms with Crippen molar-refractivity contribution in [3.05, 3.63) is 36.0 Å². The Bertz CT molecular complexity index is 878. The van der Waals surface area contributed by atoms with Crippen LogP contribution in [0.25, 0.3) is 10.9 Å². The van der Waals surface area contributed by atoms with Gasteiger partial charge in [0.1, 0.15) is 5.75 Å². The average molecular weight is 461 g/mol. The number of aliphatic hydroxyl groups excluding tert-OH is 1. The number of nitrogens with zero attached hydrogens (tertiary/aromatic N) is 2. The van der Waals surface area contributed by atoms with Crippen LogP contribution in [-0.4, -0.2) is 64.3 Å². The molecule has 0 unspecified atom stereocenters. The molecule has 176 valence electrons. The van der Waals surface area contributed by atoms with E-state index in [1.807, 2.05) is 36.0 Å². The summed E-state index contributed by atoms with van der Waals surface area (Å²) in [5.41, 5.74) is 1.69. The molecule has 0 aliphatic carbocycles. The molecular formula is C25H36N2O4S. The second-order valence-corrected chi connectivity index (χ2v) is 10.0. The number of ether oxygens (including phenoxy) is 1. The molecule has 1 aliphatic rings. The van der Waals surface area contributed by atoms with Gasteiger partial charge < -0.3 is 19.8 Å². The van der Waals surface area contributed by atoms with E-state index in [4.69, 9.17) is 4.74 Å². The van der Waals surface area contributed by atoms with E-state index in [1.165, 1.54) is 0 Å². The maximum Gasteiger partial charge on any atom is 0.303 e. The molecule has 1 aliphatic heterocycles. The Kier molecular flexibility index (Phi) is 9.63. The van der Waals surface area contributed by atoms with Crippen molar-refractivity contribution in [1.29, 1.82) is 0 Å². The number of carboxylic acids is 1. The highest BCUT2D eigenvalue weighted by Crippen LogP contribution is 2.34. The lowest BCUT2D eigenvalue weighted by atomic mass is 9.79. The molecule has 3 rings (SSSR count). The number of benzene rings is 1. The summed E-state index contributed by atoms with van der Waals surface area (Å²) in [7, 11) is 1.63. The minimum Gasteiger partial charge on any atom is -0.497 e. The first kappa shape index (κ1) is 24.8. The number of pyridine rings is 1. The van der Waals surface area contributed by atoms with Crippen LogP contribution in [0.5, 0.6) is 5.75 Å².